The largest absolute Gasteiger partial charge is 0.197 e. The Morgan fingerprint density at radius 1 is 2.00 bits per heavy atom. The van der Waals surface area contributed by atoms with Gasteiger partial charge in [0.15, 0.2) is 0 Å². The molecule has 0 bridgehead atoms. The van der Waals surface area contributed by atoms with Crippen LogP contribution in [0.1, 0.15) is 0 Å². The molecule has 5 heavy (non-hydrogen) atoms. The van der Waals surface area contributed by atoms with Crippen molar-refractivity contribution in [2.45, 2.75) is 0 Å². The van der Waals surface area contributed by atoms with E-state index in [0.717, 1.165) is 0 Å². The standard InChI is InChI=1S/C2H3NS2/c3-1-2-5-4/h4H,2H2. The number of thiol groups is 1. The van der Waals surface area contributed by atoms with E-state index in [2.05, 4.69) is 11.7 Å². The van der Waals surface area contributed by atoms with Crippen LogP contribution in [-0.4, -0.2) is 5.75 Å². The highest BCUT2D eigenvalue weighted by Crippen LogP contribution is 2.00. The highest BCUT2D eigenvalue weighted by Gasteiger charge is 1.66. The average Bonchev–Trinajstić information content (AvgIpc) is 1.41. The predicted octanol–water partition coefficient (Wildman–Crippen LogP) is 1.09. The average molecular weight is 105 g/mol. The predicted molar refractivity (Wildman–Crippen MR) is 27.1 cm³/mol. The third-order valence-corrected chi connectivity index (χ3v) is 0.775. The molecule has 0 aliphatic rings. The number of hydrogen-bond donors (Lipinski definition) is 1. The van der Waals surface area contributed by atoms with Gasteiger partial charge in [-0.05, 0) is 0 Å². The van der Waals surface area contributed by atoms with Gasteiger partial charge < -0.3 is 0 Å². The number of hydrogen-bond acceptors (Lipinski definition) is 3. The summed E-state index contributed by atoms with van der Waals surface area (Å²) >= 11 is 3.69. The maximum absolute atomic E-state index is 7.75. The summed E-state index contributed by atoms with van der Waals surface area (Å²) in [6, 6.07) is 1.90. The molecule has 0 aromatic carbocycles. The van der Waals surface area contributed by atoms with Crippen molar-refractivity contribution in [1.82, 2.24) is 0 Å². The molecule has 3 heteroatoms. The Morgan fingerprint density at radius 3 is 2.60 bits per heavy atom. The van der Waals surface area contributed by atoms with Gasteiger partial charge in [-0.1, -0.05) is 10.8 Å². The monoisotopic (exact) mass is 105 g/mol. The van der Waals surface area contributed by atoms with Crippen LogP contribution in [0.15, 0.2) is 0 Å². The lowest BCUT2D eigenvalue weighted by atomic mass is 10.9. The summed E-state index contributed by atoms with van der Waals surface area (Å²) in [5.74, 6) is 0.475. The molecule has 0 spiro atoms. The first-order valence-corrected chi connectivity index (χ1v) is 3.09. The molecule has 0 saturated heterocycles. The Kier molecular flexibility index (Phi) is 4.35. The Balaban J connectivity index is 2.48. The van der Waals surface area contributed by atoms with Crippen LogP contribution in [0, 0.1) is 11.3 Å². The van der Waals surface area contributed by atoms with Gasteiger partial charge in [-0.3, -0.25) is 0 Å². The molecule has 0 aromatic rings. The molecule has 0 rings (SSSR count). The first-order valence-electron chi connectivity index (χ1n) is 1.05. The van der Waals surface area contributed by atoms with Crippen LogP contribution in [0.5, 0.6) is 0 Å². The first kappa shape index (κ1) is 5.19. The highest BCUT2D eigenvalue weighted by atomic mass is 33.1. The topological polar surface area (TPSA) is 23.8 Å². The third-order valence-electron chi connectivity index (χ3n) is 0.129. The van der Waals surface area contributed by atoms with Crippen molar-refractivity contribution in [1.29, 1.82) is 5.26 Å². The van der Waals surface area contributed by atoms with Crippen molar-refractivity contribution >= 4 is 22.5 Å². The lowest BCUT2D eigenvalue weighted by Gasteiger charge is -1.65. The second kappa shape index (κ2) is 4.19. The summed E-state index contributed by atoms with van der Waals surface area (Å²) in [4.78, 5) is 0. The zero-order valence-corrected chi connectivity index (χ0v) is 4.22. The van der Waals surface area contributed by atoms with E-state index in [1.165, 1.54) is 10.8 Å². The van der Waals surface area contributed by atoms with Gasteiger partial charge in [-0.15, -0.1) is 11.7 Å². The van der Waals surface area contributed by atoms with Crippen LogP contribution in [0.25, 0.3) is 0 Å². The van der Waals surface area contributed by atoms with E-state index in [0.29, 0.717) is 5.75 Å². The molecular weight excluding hydrogens is 102 g/mol. The molecule has 0 heterocycles. The highest BCUT2D eigenvalue weighted by molar-refractivity contribution is 8.68. The van der Waals surface area contributed by atoms with Crippen LogP contribution in [0.3, 0.4) is 0 Å². The van der Waals surface area contributed by atoms with E-state index in [9.17, 15) is 0 Å². The maximum atomic E-state index is 7.75. The van der Waals surface area contributed by atoms with Crippen molar-refractivity contribution in [3.63, 3.8) is 0 Å². The zero-order chi connectivity index (χ0) is 4.12. The van der Waals surface area contributed by atoms with Gasteiger partial charge in [-0.25, -0.2) is 0 Å². The van der Waals surface area contributed by atoms with E-state index >= 15 is 0 Å². The molecule has 0 fully saturated rings. The van der Waals surface area contributed by atoms with E-state index < -0.39 is 0 Å². The summed E-state index contributed by atoms with van der Waals surface area (Å²) in [6.45, 7) is 0. The van der Waals surface area contributed by atoms with E-state index in [4.69, 9.17) is 5.26 Å². The lowest BCUT2D eigenvalue weighted by Crippen LogP contribution is -1.54. The van der Waals surface area contributed by atoms with Crippen molar-refractivity contribution in [2.75, 3.05) is 5.75 Å². The molecule has 0 radical (unpaired) electrons. The molecular formula is C2H3NS2. The van der Waals surface area contributed by atoms with Gasteiger partial charge in [0.05, 0.1) is 11.8 Å². The minimum Gasteiger partial charge on any atom is -0.197 e. The van der Waals surface area contributed by atoms with E-state index in [1.54, 1.807) is 0 Å². The molecule has 0 unspecified atom stereocenters. The van der Waals surface area contributed by atoms with Crippen LogP contribution in [0.2, 0.25) is 0 Å². The third kappa shape index (κ3) is 4.19. The molecule has 0 aliphatic carbocycles. The maximum Gasteiger partial charge on any atom is 0.0909 e. The van der Waals surface area contributed by atoms with Gasteiger partial charge in [0.1, 0.15) is 0 Å². The molecule has 0 aliphatic heterocycles. The fraction of sp³-hybridized carbons (Fsp3) is 0.500. The lowest BCUT2D eigenvalue weighted by molar-refractivity contribution is 1.50. The van der Waals surface area contributed by atoms with Gasteiger partial charge in [-0.2, -0.15) is 5.26 Å². The minimum absolute atomic E-state index is 0.475. The minimum atomic E-state index is 0.475. The fourth-order valence-corrected chi connectivity index (χ4v) is 0.260. The Bertz CT molecular complexity index is 46.1. The Hall–Kier alpha value is 0.190. The summed E-state index contributed by atoms with van der Waals surface area (Å²) in [6.07, 6.45) is 0. The van der Waals surface area contributed by atoms with Crippen LogP contribution in [-0.2, 0) is 0 Å². The fourth-order valence-electron chi connectivity index (χ4n) is 0.0289. The molecule has 0 atom stereocenters. The summed E-state index contributed by atoms with van der Waals surface area (Å²) in [7, 11) is 1.23. The Labute approximate surface area is 40.2 Å². The molecule has 0 amide bonds. The molecule has 0 N–H and O–H groups in total. The van der Waals surface area contributed by atoms with Crippen molar-refractivity contribution < 1.29 is 0 Å². The molecule has 28 valence electrons. The van der Waals surface area contributed by atoms with Crippen molar-refractivity contribution in [3.8, 4) is 6.07 Å². The van der Waals surface area contributed by atoms with E-state index in [-0.39, 0.29) is 0 Å². The zero-order valence-electron chi connectivity index (χ0n) is 2.51. The van der Waals surface area contributed by atoms with E-state index in [1.807, 2.05) is 6.07 Å². The second-order valence-corrected chi connectivity index (χ2v) is 1.75. The smallest absolute Gasteiger partial charge is 0.0909 e. The van der Waals surface area contributed by atoms with Crippen molar-refractivity contribution in [3.05, 3.63) is 0 Å². The van der Waals surface area contributed by atoms with Gasteiger partial charge in [0.2, 0.25) is 0 Å². The van der Waals surface area contributed by atoms with Crippen LogP contribution < -0.4 is 0 Å². The van der Waals surface area contributed by atoms with Gasteiger partial charge in [0.25, 0.3) is 0 Å². The molecule has 0 saturated carbocycles. The number of nitrogens with zero attached hydrogens (tertiary/aromatic N) is 1. The van der Waals surface area contributed by atoms with Crippen molar-refractivity contribution in [2.24, 2.45) is 0 Å². The SMILES string of the molecule is N#CCSS. The van der Waals surface area contributed by atoms with Gasteiger partial charge in [0, 0.05) is 0 Å². The summed E-state index contributed by atoms with van der Waals surface area (Å²) in [5.41, 5.74) is 0. The summed E-state index contributed by atoms with van der Waals surface area (Å²) < 4.78 is 0. The van der Waals surface area contributed by atoms with Crippen LogP contribution in [0.4, 0.5) is 0 Å². The van der Waals surface area contributed by atoms with Gasteiger partial charge >= 0.3 is 0 Å². The second-order valence-electron chi connectivity index (χ2n) is 0.432. The normalized spacial score (nSPS) is 6.40. The first-order chi connectivity index (χ1) is 2.41. The quantitative estimate of drug-likeness (QED) is 0.398. The number of nitriles is 1. The number of rotatable bonds is 1. The molecule has 0 aromatic heterocycles. The molecule has 1 nitrogen and oxygen atoms in total. The summed E-state index contributed by atoms with van der Waals surface area (Å²) in [5, 5.41) is 7.75. The van der Waals surface area contributed by atoms with Crippen LogP contribution >= 0.6 is 22.5 Å². The Morgan fingerprint density at radius 2 is 2.60 bits per heavy atom.